The van der Waals surface area contributed by atoms with Crippen LogP contribution in [-0.4, -0.2) is 55.2 Å². The minimum atomic E-state index is 0.687. The molecule has 1 N–H and O–H groups in total. The van der Waals surface area contributed by atoms with E-state index < -0.39 is 0 Å². The maximum Gasteiger partial charge on any atom is 0.128 e. The van der Waals surface area contributed by atoms with Crippen molar-refractivity contribution in [2.75, 3.05) is 44.2 Å². The van der Waals surface area contributed by atoms with Crippen LogP contribution in [0.25, 0.3) is 0 Å². The number of hydrogen-bond acceptors (Lipinski definition) is 4. The summed E-state index contributed by atoms with van der Waals surface area (Å²) >= 11 is 0. The molecule has 21 heavy (non-hydrogen) atoms. The standard InChI is InChI=1S/C17H30N4/c1-3-7-16(15-18-9-4-2)20-11-13-21(14-12-20)17-8-5-6-10-19-17/h5-6,8,10,16,18H,3-4,7,9,11-15H2,1-2H3. The Bertz CT molecular complexity index is 374. The number of aromatic nitrogens is 1. The van der Waals surface area contributed by atoms with Crippen LogP contribution < -0.4 is 10.2 Å². The van der Waals surface area contributed by atoms with Crippen molar-refractivity contribution in [1.29, 1.82) is 0 Å². The third-order valence-corrected chi connectivity index (χ3v) is 4.23. The Morgan fingerprint density at radius 2 is 1.95 bits per heavy atom. The summed E-state index contributed by atoms with van der Waals surface area (Å²) in [4.78, 5) is 9.52. The Morgan fingerprint density at radius 1 is 1.14 bits per heavy atom. The van der Waals surface area contributed by atoms with Gasteiger partial charge in [-0.1, -0.05) is 26.3 Å². The van der Waals surface area contributed by atoms with Gasteiger partial charge in [0.2, 0.25) is 0 Å². The second-order valence-electron chi connectivity index (χ2n) is 5.86. The van der Waals surface area contributed by atoms with Crippen molar-refractivity contribution in [1.82, 2.24) is 15.2 Å². The fraction of sp³-hybridized carbons (Fsp3) is 0.706. The van der Waals surface area contributed by atoms with Crippen molar-refractivity contribution in [2.24, 2.45) is 0 Å². The molecule has 1 aromatic heterocycles. The molecule has 0 spiro atoms. The molecule has 0 amide bonds. The lowest BCUT2D eigenvalue weighted by molar-refractivity contribution is 0.171. The molecule has 2 rings (SSSR count). The van der Waals surface area contributed by atoms with Gasteiger partial charge in [-0.15, -0.1) is 0 Å². The zero-order valence-corrected chi connectivity index (χ0v) is 13.6. The molecule has 2 heterocycles. The van der Waals surface area contributed by atoms with E-state index in [1.165, 1.54) is 19.3 Å². The van der Waals surface area contributed by atoms with Crippen molar-refractivity contribution in [3.63, 3.8) is 0 Å². The highest BCUT2D eigenvalue weighted by Crippen LogP contribution is 2.15. The van der Waals surface area contributed by atoms with Crippen LogP contribution in [0, 0.1) is 0 Å². The van der Waals surface area contributed by atoms with Gasteiger partial charge in [-0.25, -0.2) is 4.98 Å². The van der Waals surface area contributed by atoms with E-state index in [1.807, 2.05) is 12.3 Å². The number of nitrogens with zero attached hydrogens (tertiary/aromatic N) is 3. The van der Waals surface area contributed by atoms with Crippen molar-refractivity contribution < 1.29 is 0 Å². The average molecular weight is 290 g/mol. The highest BCUT2D eigenvalue weighted by Gasteiger charge is 2.23. The maximum atomic E-state index is 4.46. The molecule has 1 atom stereocenters. The molecule has 0 saturated carbocycles. The van der Waals surface area contributed by atoms with E-state index in [-0.39, 0.29) is 0 Å². The molecule has 4 nitrogen and oxygen atoms in total. The SMILES string of the molecule is CCCNCC(CCC)N1CCN(c2ccccn2)CC1. The van der Waals surface area contributed by atoms with E-state index in [9.17, 15) is 0 Å². The maximum absolute atomic E-state index is 4.46. The van der Waals surface area contributed by atoms with Crippen LogP contribution in [0.4, 0.5) is 5.82 Å². The molecular weight excluding hydrogens is 260 g/mol. The average Bonchev–Trinajstić information content (AvgIpc) is 2.55. The zero-order valence-electron chi connectivity index (χ0n) is 13.6. The van der Waals surface area contributed by atoms with Gasteiger partial charge < -0.3 is 10.2 Å². The van der Waals surface area contributed by atoms with Gasteiger partial charge in [-0.05, 0) is 31.5 Å². The number of anilines is 1. The molecule has 1 aliphatic rings. The molecule has 1 unspecified atom stereocenters. The van der Waals surface area contributed by atoms with Crippen LogP contribution in [-0.2, 0) is 0 Å². The zero-order chi connectivity index (χ0) is 14.9. The molecule has 118 valence electrons. The smallest absolute Gasteiger partial charge is 0.128 e. The van der Waals surface area contributed by atoms with Crippen LogP contribution >= 0.6 is 0 Å². The Kier molecular flexibility index (Phi) is 6.96. The largest absolute Gasteiger partial charge is 0.354 e. The second-order valence-corrected chi connectivity index (χ2v) is 5.86. The lowest BCUT2D eigenvalue weighted by Crippen LogP contribution is -2.53. The summed E-state index contributed by atoms with van der Waals surface area (Å²) in [5, 5.41) is 3.59. The fourth-order valence-corrected chi connectivity index (χ4v) is 3.05. The van der Waals surface area contributed by atoms with Gasteiger partial charge >= 0.3 is 0 Å². The van der Waals surface area contributed by atoms with E-state index in [2.05, 4.69) is 46.1 Å². The minimum Gasteiger partial charge on any atom is -0.354 e. The summed E-state index contributed by atoms with van der Waals surface area (Å²) in [5.74, 6) is 1.12. The van der Waals surface area contributed by atoms with Gasteiger partial charge in [0, 0.05) is 45.0 Å². The monoisotopic (exact) mass is 290 g/mol. The van der Waals surface area contributed by atoms with Crippen molar-refractivity contribution >= 4 is 5.82 Å². The molecule has 1 fully saturated rings. The van der Waals surface area contributed by atoms with Crippen LogP contribution in [0.3, 0.4) is 0 Å². The van der Waals surface area contributed by atoms with Crippen LogP contribution in [0.5, 0.6) is 0 Å². The molecule has 0 radical (unpaired) electrons. The van der Waals surface area contributed by atoms with E-state index >= 15 is 0 Å². The number of pyridine rings is 1. The topological polar surface area (TPSA) is 31.4 Å². The summed E-state index contributed by atoms with van der Waals surface area (Å²) in [6.45, 7) is 11.3. The highest BCUT2D eigenvalue weighted by molar-refractivity contribution is 5.38. The van der Waals surface area contributed by atoms with Gasteiger partial charge in [0.15, 0.2) is 0 Å². The molecule has 4 heteroatoms. The third-order valence-electron chi connectivity index (χ3n) is 4.23. The predicted octanol–water partition coefficient (Wildman–Crippen LogP) is 2.37. The first-order valence-corrected chi connectivity index (χ1v) is 8.46. The van der Waals surface area contributed by atoms with Gasteiger partial charge in [-0.3, -0.25) is 4.90 Å². The minimum absolute atomic E-state index is 0.687. The summed E-state index contributed by atoms with van der Waals surface area (Å²) in [7, 11) is 0. The van der Waals surface area contributed by atoms with Gasteiger partial charge in [0.1, 0.15) is 5.82 Å². The number of hydrogen-bond donors (Lipinski definition) is 1. The summed E-state index contributed by atoms with van der Waals surface area (Å²) in [6, 6.07) is 6.86. The predicted molar refractivity (Wildman–Crippen MR) is 89.9 cm³/mol. The van der Waals surface area contributed by atoms with Crippen molar-refractivity contribution in [3.05, 3.63) is 24.4 Å². The molecule has 1 saturated heterocycles. The van der Waals surface area contributed by atoms with Crippen LogP contribution in [0.1, 0.15) is 33.1 Å². The Balaban J connectivity index is 1.82. The Morgan fingerprint density at radius 3 is 2.57 bits per heavy atom. The number of nitrogens with one attached hydrogen (secondary N) is 1. The quantitative estimate of drug-likeness (QED) is 0.745. The second kappa shape index (κ2) is 9.00. The molecule has 0 aromatic carbocycles. The van der Waals surface area contributed by atoms with E-state index in [0.29, 0.717) is 6.04 Å². The van der Waals surface area contributed by atoms with Crippen molar-refractivity contribution in [3.8, 4) is 0 Å². The summed E-state index contributed by atoms with van der Waals surface area (Å²) in [5.41, 5.74) is 0. The van der Waals surface area contributed by atoms with Gasteiger partial charge in [0.25, 0.3) is 0 Å². The normalized spacial score (nSPS) is 17.9. The van der Waals surface area contributed by atoms with Gasteiger partial charge in [-0.2, -0.15) is 0 Å². The summed E-state index contributed by atoms with van der Waals surface area (Å²) < 4.78 is 0. The fourth-order valence-electron chi connectivity index (χ4n) is 3.05. The first kappa shape index (κ1) is 16.2. The Hall–Kier alpha value is -1.13. The van der Waals surface area contributed by atoms with E-state index in [1.54, 1.807) is 0 Å². The number of rotatable bonds is 8. The van der Waals surface area contributed by atoms with Crippen LogP contribution in [0.15, 0.2) is 24.4 Å². The Labute approximate surface area is 129 Å². The van der Waals surface area contributed by atoms with Crippen molar-refractivity contribution in [2.45, 2.75) is 39.2 Å². The summed E-state index contributed by atoms with van der Waals surface area (Å²) in [6.07, 6.45) is 5.65. The molecule has 0 aliphatic carbocycles. The molecular formula is C17H30N4. The molecule has 0 bridgehead atoms. The van der Waals surface area contributed by atoms with Crippen LogP contribution in [0.2, 0.25) is 0 Å². The first-order chi connectivity index (χ1) is 10.3. The molecule has 1 aliphatic heterocycles. The lowest BCUT2D eigenvalue weighted by atomic mass is 10.1. The number of piperazine rings is 1. The lowest BCUT2D eigenvalue weighted by Gasteiger charge is -2.40. The van der Waals surface area contributed by atoms with Gasteiger partial charge in [0.05, 0.1) is 0 Å². The first-order valence-electron chi connectivity index (χ1n) is 8.46. The van der Waals surface area contributed by atoms with E-state index in [0.717, 1.165) is 45.1 Å². The third kappa shape index (κ3) is 4.97. The molecule has 1 aromatic rings. The van der Waals surface area contributed by atoms with E-state index in [4.69, 9.17) is 0 Å². The highest BCUT2D eigenvalue weighted by atomic mass is 15.3.